The molecule has 15 heavy (non-hydrogen) atoms. The average molecular weight is 204 g/mol. The first-order chi connectivity index (χ1) is 6.80. The quantitative estimate of drug-likeness (QED) is 0.626. The molecular formula is C14H20O. The van der Waals surface area contributed by atoms with Crippen LogP contribution in [0.3, 0.4) is 0 Å². The number of benzene rings is 1. The standard InChI is InChI=1S/C14H20O/c1-13(2,3)11-8-6-7-10-9-14(4,5)15-12(10)11/h6-8H,9H2,1-5H3. The summed E-state index contributed by atoms with van der Waals surface area (Å²) in [5.74, 6) is 1.12. The summed E-state index contributed by atoms with van der Waals surface area (Å²) in [6, 6.07) is 6.50. The van der Waals surface area contributed by atoms with Gasteiger partial charge < -0.3 is 4.74 Å². The molecule has 0 atom stereocenters. The minimum absolute atomic E-state index is 0.0380. The van der Waals surface area contributed by atoms with Crippen molar-refractivity contribution in [2.45, 2.75) is 52.1 Å². The van der Waals surface area contributed by atoms with Gasteiger partial charge in [-0.2, -0.15) is 0 Å². The Balaban J connectivity index is 2.51. The van der Waals surface area contributed by atoms with Gasteiger partial charge in [-0.15, -0.1) is 0 Å². The number of ether oxygens (including phenoxy) is 1. The molecule has 0 saturated carbocycles. The second-order valence-corrected chi connectivity index (χ2v) is 6.08. The minimum atomic E-state index is -0.0380. The summed E-state index contributed by atoms with van der Waals surface area (Å²) in [6.45, 7) is 11.0. The van der Waals surface area contributed by atoms with Crippen molar-refractivity contribution < 1.29 is 4.74 Å². The molecule has 0 fully saturated rings. The Bertz CT molecular complexity index is 383. The first-order valence-corrected chi connectivity index (χ1v) is 5.61. The van der Waals surface area contributed by atoms with Gasteiger partial charge in [0.2, 0.25) is 0 Å². The zero-order valence-electron chi connectivity index (χ0n) is 10.3. The molecule has 1 aromatic carbocycles. The van der Waals surface area contributed by atoms with Gasteiger partial charge in [-0.1, -0.05) is 39.0 Å². The molecule has 1 heteroatoms. The molecule has 0 unspecified atom stereocenters. The van der Waals surface area contributed by atoms with Gasteiger partial charge in [0.1, 0.15) is 11.4 Å². The second kappa shape index (κ2) is 3.01. The Morgan fingerprint density at radius 2 is 1.87 bits per heavy atom. The predicted molar refractivity (Wildman–Crippen MR) is 63.6 cm³/mol. The van der Waals surface area contributed by atoms with Gasteiger partial charge in [-0.3, -0.25) is 0 Å². The lowest BCUT2D eigenvalue weighted by Crippen LogP contribution is -2.25. The maximum absolute atomic E-state index is 6.05. The molecule has 1 aliphatic rings. The van der Waals surface area contributed by atoms with Crippen molar-refractivity contribution in [1.82, 2.24) is 0 Å². The minimum Gasteiger partial charge on any atom is -0.487 e. The van der Waals surface area contributed by atoms with Crippen LogP contribution in [-0.4, -0.2) is 5.60 Å². The van der Waals surface area contributed by atoms with E-state index in [1.165, 1.54) is 11.1 Å². The zero-order chi connectivity index (χ0) is 11.3. The SMILES string of the molecule is CC1(C)Cc2cccc(C(C)(C)C)c2O1. The first kappa shape index (κ1) is 10.5. The van der Waals surface area contributed by atoms with Gasteiger partial charge in [0, 0.05) is 6.42 Å². The van der Waals surface area contributed by atoms with Crippen LogP contribution in [0.1, 0.15) is 45.7 Å². The van der Waals surface area contributed by atoms with Crippen LogP contribution in [0.2, 0.25) is 0 Å². The van der Waals surface area contributed by atoms with Crippen molar-refractivity contribution in [2.24, 2.45) is 0 Å². The van der Waals surface area contributed by atoms with E-state index in [0.29, 0.717) is 0 Å². The summed E-state index contributed by atoms with van der Waals surface area (Å²) in [7, 11) is 0. The van der Waals surface area contributed by atoms with E-state index in [4.69, 9.17) is 4.74 Å². The van der Waals surface area contributed by atoms with Gasteiger partial charge in [-0.05, 0) is 30.4 Å². The topological polar surface area (TPSA) is 9.23 Å². The molecule has 0 amide bonds. The first-order valence-electron chi connectivity index (χ1n) is 5.61. The number of fused-ring (bicyclic) bond motifs is 1. The van der Waals surface area contributed by atoms with Crippen LogP contribution in [0.15, 0.2) is 18.2 Å². The fourth-order valence-corrected chi connectivity index (χ4v) is 2.21. The van der Waals surface area contributed by atoms with Crippen LogP contribution in [0, 0.1) is 0 Å². The summed E-state index contributed by atoms with van der Waals surface area (Å²) in [5, 5.41) is 0. The van der Waals surface area contributed by atoms with E-state index in [2.05, 4.69) is 52.8 Å². The van der Waals surface area contributed by atoms with E-state index in [0.717, 1.165) is 12.2 Å². The number of para-hydroxylation sites is 1. The Morgan fingerprint density at radius 3 is 2.47 bits per heavy atom. The molecule has 1 heterocycles. The van der Waals surface area contributed by atoms with E-state index in [1.54, 1.807) is 0 Å². The summed E-state index contributed by atoms with van der Waals surface area (Å²) >= 11 is 0. The third-order valence-corrected chi connectivity index (χ3v) is 2.90. The average Bonchev–Trinajstić information content (AvgIpc) is 2.35. The summed E-state index contributed by atoms with van der Waals surface area (Å²) in [4.78, 5) is 0. The predicted octanol–water partition coefficient (Wildman–Crippen LogP) is 3.70. The largest absolute Gasteiger partial charge is 0.487 e. The highest BCUT2D eigenvalue weighted by Crippen LogP contribution is 2.42. The van der Waals surface area contributed by atoms with Crippen molar-refractivity contribution in [1.29, 1.82) is 0 Å². The molecule has 1 aromatic rings. The normalized spacial score (nSPS) is 18.5. The van der Waals surface area contributed by atoms with Gasteiger partial charge >= 0.3 is 0 Å². The molecule has 0 spiro atoms. The van der Waals surface area contributed by atoms with Crippen molar-refractivity contribution in [3.8, 4) is 5.75 Å². The Morgan fingerprint density at radius 1 is 1.20 bits per heavy atom. The molecule has 1 nitrogen and oxygen atoms in total. The zero-order valence-corrected chi connectivity index (χ0v) is 10.3. The lowest BCUT2D eigenvalue weighted by Gasteiger charge is -2.24. The molecule has 0 radical (unpaired) electrons. The van der Waals surface area contributed by atoms with Crippen LogP contribution in [0.4, 0.5) is 0 Å². The molecular weight excluding hydrogens is 184 g/mol. The monoisotopic (exact) mass is 204 g/mol. The van der Waals surface area contributed by atoms with Crippen LogP contribution >= 0.6 is 0 Å². The smallest absolute Gasteiger partial charge is 0.127 e. The maximum Gasteiger partial charge on any atom is 0.127 e. The maximum atomic E-state index is 6.05. The molecule has 82 valence electrons. The van der Waals surface area contributed by atoms with Gasteiger partial charge in [0.05, 0.1) is 0 Å². The fraction of sp³-hybridized carbons (Fsp3) is 0.571. The number of hydrogen-bond donors (Lipinski definition) is 0. The molecule has 0 saturated heterocycles. The fourth-order valence-electron chi connectivity index (χ4n) is 2.21. The third kappa shape index (κ3) is 1.88. The Labute approximate surface area is 92.5 Å². The lowest BCUT2D eigenvalue weighted by molar-refractivity contribution is 0.136. The van der Waals surface area contributed by atoms with Crippen molar-refractivity contribution >= 4 is 0 Å². The van der Waals surface area contributed by atoms with E-state index in [-0.39, 0.29) is 11.0 Å². The van der Waals surface area contributed by atoms with Crippen LogP contribution in [0.25, 0.3) is 0 Å². The van der Waals surface area contributed by atoms with Gasteiger partial charge in [0.25, 0.3) is 0 Å². The van der Waals surface area contributed by atoms with E-state index in [9.17, 15) is 0 Å². The van der Waals surface area contributed by atoms with Crippen LogP contribution in [0.5, 0.6) is 5.75 Å². The number of hydrogen-bond acceptors (Lipinski definition) is 1. The number of rotatable bonds is 0. The summed E-state index contributed by atoms with van der Waals surface area (Å²) in [5.41, 5.74) is 2.80. The van der Waals surface area contributed by atoms with E-state index in [1.807, 2.05) is 0 Å². The van der Waals surface area contributed by atoms with Crippen LogP contribution in [-0.2, 0) is 11.8 Å². The van der Waals surface area contributed by atoms with E-state index >= 15 is 0 Å². The second-order valence-electron chi connectivity index (χ2n) is 6.08. The highest BCUT2D eigenvalue weighted by molar-refractivity contribution is 5.48. The molecule has 0 N–H and O–H groups in total. The van der Waals surface area contributed by atoms with E-state index < -0.39 is 0 Å². The molecule has 0 bridgehead atoms. The Kier molecular flexibility index (Phi) is 2.11. The summed E-state index contributed by atoms with van der Waals surface area (Å²) < 4.78 is 6.05. The van der Waals surface area contributed by atoms with Crippen molar-refractivity contribution in [3.05, 3.63) is 29.3 Å². The molecule has 2 rings (SSSR count). The van der Waals surface area contributed by atoms with Gasteiger partial charge in [-0.25, -0.2) is 0 Å². The highest BCUT2D eigenvalue weighted by atomic mass is 16.5. The lowest BCUT2D eigenvalue weighted by atomic mass is 9.85. The molecule has 1 aliphatic heterocycles. The highest BCUT2D eigenvalue weighted by Gasteiger charge is 2.33. The van der Waals surface area contributed by atoms with Crippen LogP contribution < -0.4 is 4.74 Å². The summed E-state index contributed by atoms with van der Waals surface area (Å²) in [6.07, 6.45) is 1.02. The van der Waals surface area contributed by atoms with Crippen molar-refractivity contribution in [2.75, 3.05) is 0 Å². The molecule has 0 aliphatic carbocycles. The van der Waals surface area contributed by atoms with Gasteiger partial charge in [0.15, 0.2) is 0 Å². The third-order valence-electron chi connectivity index (χ3n) is 2.90. The molecule has 0 aromatic heterocycles. The van der Waals surface area contributed by atoms with Crippen molar-refractivity contribution in [3.63, 3.8) is 0 Å². The Hall–Kier alpha value is -0.980.